The largest absolute Gasteiger partial charge is 0.491 e. The Kier molecular flexibility index (Phi) is 30.9. The van der Waals surface area contributed by atoms with Crippen molar-refractivity contribution in [2.75, 3.05) is 7.05 Å². The van der Waals surface area contributed by atoms with Gasteiger partial charge >= 0.3 is 0 Å². The van der Waals surface area contributed by atoms with Gasteiger partial charge in [-0.25, -0.2) is 0 Å². The van der Waals surface area contributed by atoms with Gasteiger partial charge in [0.05, 0.1) is 6.10 Å². The van der Waals surface area contributed by atoms with E-state index < -0.39 is 0 Å². The molecule has 0 N–H and O–H groups in total. The molecule has 0 aliphatic heterocycles. The lowest BCUT2D eigenvalue weighted by Gasteiger charge is -2.15. The van der Waals surface area contributed by atoms with E-state index in [9.17, 15) is 0 Å². The average molecular weight is 424 g/mol. The van der Waals surface area contributed by atoms with Crippen LogP contribution in [-0.4, -0.2) is 18.9 Å². The first-order valence-electron chi connectivity index (χ1n) is 12.1. The first kappa shape index (κ1) is 36.1. The van der Waals surface area contributed by atoms with Crippen molar-refractivity contribution in [2.45, 2.75) is 128 Å². The summed E-state index contributed by atoms with van der Waals surface area (Å²) >= 11 is 0. The second-order valence-corrected chi connectivity index (χ2v) is 7.80. The number of allylic oxidation sites excluding steroid dienone is 3. The Morgan fingerprint density at radius 1 is 0.833 bits per heavy atom. The summed E-state index contributed by atoms with van der Waals surface area (Å²) in [4.78, 5) is 4.13. The second kappa shape index (κ2) is 25.7. The number of aliphatic imine (C=N–C) groups is 1. The van der Waals surface area contributed by atoms with E-state index in [-0.39, 0.29) is 6.10 Å². The molecule has 0 aromatic rings. The zero-order valence-corrected chi connectivity index (χ0v) is 23.2. The van der Waals surface area contributed by atoms with Gasteiger partial charge in [-0.1, -0.05) is 79.4 Å². The summed E-state index contributed by atoms with van der Waals surface area (Å²) in [6.07, 6.45) is 8.02. The van der Waals surface area contributed by atoms with Gasteiger partial charge < -0.3 is 4.74 Å². The van der Waals surface area contributed by atoms with Crippen LogP contribution in [0, 0.1) is 5.92 Å². The first-order chi connectivity index (χ1) is 14.0. The molecular weight excluding hydrogens is 366 g/mol. The summed E-state index contributed by atoms with van der Waals surface area (Å²) in [5, 5.41) is 0. The van der Waals surface area contributed by atoms with Gasteiger partial charge in [-0.15, -0.1) is 6.58 Å². The van der Waals surface area contributed by atoms with E-state index >= 15 is 0 Å². The molecule has 0 amide bonds. The predicted molar refractivity (Wildman–Crippen MR) is 143 cm³/mol. The highest BCUT2D eigenvalue weighted by atomic mass is 16.5. The highest BCUT2D eigenvalue weighted by Crippen LogP contribution is 2.16. The number of hydrogen-bond donors (Lipinski definition) is 0. The molecule has 2 heteroatoms. The number of ether oxygens (including phenoxy) is 1. The average Bonchev–Trinajstić information content (AvgIpc) is 2.73. The van der Waals surface area contributed by atoms with E-state index in [1.54, 1.807) is 7.05 Å². The summed E-state index contributed by atoms with van der Waals surface area (Å²) in [6.45, 7) is 32.8. The molecule has 0 saturated carbocycles. The van der Waals surface area contributed by atoms with Crippen molar-refractivity contribution in [3.63, 3.8) is 0 Å². The van der Waals surface area contributed by atoms with E-state index in [1.165, 1.54) is 44.1 Å². The van der Waals surface area contributed by atoms with Gasteiger partial charge in [0, 0.05) is 12.8 Å². The predicted octanol–water partition coefficient (Wildman–Crippen LogP) is 9.96. The van der Waals surface area contributed by atoms with E-state index in [0.717, 1.165) is 28.5 Å². The molecule has 30 heavy (non-hydrogen) atoms. The Labute approximate surface area is 192 Å². The normalized spacial score (nSPS) is 11.2. The molecule has 0 saturated heterocycles. The summed E-state index contributed by atoms with van der Waals surface area (Å²) in [5.41, 5.74) is 4.54. The lowest BCUT2D eigenvalue weighted by molar-refractivity contribution is 0.155. The van der Waals surface area contributed by atoms with Gasteiger partial charge in [0.1, 0.15) is 5.76 Å². The van der Waals surface area contributed by atoms with Crippen molar-refractivity contribution >= 4 is 5.71 Å². The number of rotatable bonds is 10. The lowest BCUT2D eigenvalue weighted by Crippen LogP contribution is -2.05. The minimum atomic E-state index is 0.170. The summed E-state index contributed by atoms with van der Waals surface area (Å²) in [6, 6.07) is 0. The fraction of sp³-hybridized carbons (Fsp3) is 0.750. The van der Waals surface area contributed by atoms with Gasteiger partial charge in [0.25, 0.3) is 0 Å². The molecule has 0 aliphatic rings. The molecule has 180 valence electrons. The Morgan fingerprint density at radius 2 is 1.27 bits per heavy atom. The van der Waals surface area contributed by atoms with E-state index in [2.05, 4.69) is 52.8 Å². The Bertz CT molecular complexity index is 460. The highest BCUT2D eigenvalue weighted by Gasteiger charge is 2.06. The second-order valence-electron chi connectivity index (χ2n) is 7.80. The third-order valence-corrected chi connectivity index (χ3v) is 4.93. The van der Waals surface area contributed by atoms with Crippen molar-refractivity contribution in [2.24, 2.45) is 10.9 Å². The van der Waals surface area contributed by atoms with Crippen LogP contribution in [0.4, 0.5) is 0 Å². The maximum Gasteiger partial charge on any atom is 0.115 e. The Hall–Kier alpha value is -1.31. The minimum absolute atomic E-state index is 0.170. The van der Waals surface area contributed by atoms with Crippen LogP contribution in [0.3, 0.4) is 0 Å². The van der Waals surface area contributed by atoms with Crippen LogP contribution in [0.5, 0.6) is 0 Å². The van der Waals surface area contributed by atoms with Crippen molar-refractivity contribution in [3.05, 3.63) is 35.6 Å². The zero-order valence-electron chi connectivity index (χ0n) is 23.2. The first-order valence-corrected chi connectivity index (χ1v) is 12.1. The number of unbranched alkanes of at least 4 members (excludes halogenated alkanes) is 1. The van der Waals surface area contributed by atoms with Crippen LogP contribution in [0.25, 0.3) is 0 Å². The Balaban J connectivity index is -0.000000178. The zero-order chi connectivity index (χ0) is 24.7. The highest BCUT2D eigenvalue weighted by molar-refractivity contribution is 5.98. The molecule has 0 radical (unpaired) electrons. The van der Waals surface area contributed by atoms with Crippen LogP contribution >= 0.6 is 0 Å². The topological polar surface area (TPSA) is 21.6 Å². The fourth-order valence-electron chi connectivity index (χ4n) is 2.37. The van der Waals surface area contributed by atoms with Crippen molar-refractivity contribution < 1.29 is 4.74 Å². The standard InChI is InChI=1S/C12H21NO.C7H14.C7H16.C2H6/c1-8(2)14-12(6)10(4)9(3)11(5)13-7;1-4-5-6-7(2)3;1-4-7(5-2)6-3;1-2/h8H,6H2,1-5,7H3;2,4-6H2,1,3H3;7H,4-6H2,1-3H3;1-2H3/b10-9-,13-11?;;;. The minimum Gasteiger partial charge on any atom is -0.491 e. The molecule has 2 nitrogen and oxygen atoms in total. The van der Waals surface area contributed by atoms with Crippen LogP contribution in [0.15, 0.2) is 40.6 Å². The van der Waals surface area contributed by atoms with Crippen LogP contribution < -0.4 is 0 Å². The van der Waals surface area contributed by atoms with Gasteiger partial charge in [-0.3, -0.25) is 4.99 Å². The molecule has 0 fully saturated rings. The van der Waals surface area contributed by atoms with Gasteiger partial charge in [0.2, 0.25) is 0 Å². The monoisotopic (exact) mass is 423 g/mol. The number of hydrogen-bond acceptors (Lipinski definition) is 2. The molecule has 0 spiro atoms. The van der Waals surface area contributed by atoms with Crippen molar-refractivity contribution in [1.29, 1.82) is 0 Å². The van der Waals surface area contributed by atoms with Crippen LogP contribution in [0.2, 0.25) is 0 Å². The molecule has 0 unspecified atom stereocenters. The molecule has 0 aliphatic carbocycles. The molecule has 0 heterocycles. The van der Waals surface area contributed by atoms with Gasteiger partial charge in [-0.2, -0.15) is 0 Å². The summed E-state index contributed by atoms with van der Waals surface area (Å²) < 4.78 is 5.52. The van der Waals surface area contributed by atoms with Crippen molar-refractivity contribution in [1.82, 2.24) is 0 Å². The third-order valence-electron chi connectivity index (χ3n) is 4.93. The molecule has 0 atom stereocenters. The van der Waals surface area contributed by atoms with E-state index in [1.807, 2.05) is 48.5 Å². The van der Waals surface area contributed by atoms with E-state index in [4.69, 9.17) is 4.74 Å². The fourth-order valence-corrected chi connectivity index (χ4v) is 2.37. The lowest BCUT2D eigenvalue weighted by atomic mass is 10.0. The van der Waals surface area contributed by atoms with Gasteiger partial charge in [0.15, 0.2) is 0 Å². The quantitative estimate of drug-likeness (QED) is 0.148. The summed E-state index contributed by atoms with van der Waals surface area (Å²) in [5.74, 6) is 1.72. The molecular formula is C28H57NO. The maximum atomic E-state index is 5.52. The summed E-state index contributed by atoms with van der Waals surface area (Å²) in [7, 11) is 1.79. The van der Waals surface area contributed by atoms with E-state index in [0.29, 0.717) is 0 Å². The Morgan fingerprint density at radius 3 is 1.47 bits per heavy atom. The van der Waals surface area contributed by atoms with Crippen molar-refractivity contribution in [3.8, 4) is 0 Å². The maximum absolute atomic E-state index is 5.52. The smallest absolute Gasteiger partial charge is 0.115 e. The molecule has 0 aromatic heterocycles. The van der Waals surface area contributed by atoms with Crippen LogP contribution in [-0.2, 0) is 4.74 Å². The third kappa shape index (κ3) is 24.7. The van der Waals surface area contributed by atoms with Gasteiger partial charge in [-0.05, 0) is 71.4 Å². The SMILES string of the molecule is C=C(C)CCCC.C=C(OC(C)C)/C(C)=C(/C)C(C)=NC.CC.CCC(CC)CC. The van der Waals surface area contributed by atoms with Crippen LogP contribution in [0.1, 0.15) is 122 Å². The molecule has 0 aromatic carbocycles. The number of nitrogens with zero attached hydrogens (tertiary/aromatic N) is 1. The molecule has 0 bridgehead atoms. The molecule has 0 rings (SSSR count).